The van der Waals surface area contributed by atoms with Crippen LogP contribution in [0.3, 0.4) is 0 Å². The summed E-state index contributed by atoms with van der Waals surface area (Å²) in [7, 11) is -9.92. The first kappa shape index (κ1) is 98.1. The maximum atomic E-state index is 13.1. The van der Waals surface area contributed by atoms with E-state index in [4.69, 9.17) is 37.0 Å². The molecule has 19 heteroatoms. The number of rotatable bonds is 80. The Hall–Kier alpha value is -1.94. The lowest BCUT2D eigenvalue weighted by molar-refractivity contribution is -0.161. The van der Waals surface area contributed by atoms with E-state index in [0.29, 0.717) is 25.7 Å². The molecule has 5 atom stereocenters. The molecule has 0 aromatic heterocycles. The van der Waals surface area contributed by atoms with Crippen LogP contribution in [0.2, 0.25) is 0 Å². The van der Waals surface area contributed by atoms with Gasteiger partial charge in [0.25, 0.3) is 0 Å². The lowest BCUT2D eigenvalue weighted by Crippen LogP contribution is -2.30. The summed E-state index contributed by atoms with van der Waals surface area (Å²) in [5.74, 6) is -0.533. The van der Waals surface area contributed by atoms with Crippen LogP contribution in [0.5, 0.6) is 0 Å². The summed E-state index contributed by atoms with van der Waals surface area (Å²) in [4.78, 5) is 72.9. The molecular weight excluding hydrogens is 1310 g/mol. The van der Waals surface area contributed by atoms with Crippen LogP contribution in [-0.4, -0.2) is 96.7 Å². The lowest BCUT2D eigenvalue weighted by Gasteiger charge is -2.21. The van der Waals surface area contributed by atoms with E-state index in [9.17, 15) is 43.2 Å². The van der Waals surface area contributed by atoms with Crippen LogP contribution < -0.4 is 0 Å². The summed E-state index contributed by atoms with van der Waals surface area (Å²) >= 11 is 0. The first-order chi connectivity index (χ1) is 48.4. The van der Waals surface area contributed by atoms with Gasteiger partial charge in [0.15, 0.2) is 12.2 Å². The van der Waals surface area contributed by atoms with Crippen LogP contribution in [0.4, 0.5) is 0 Å². The zero-order valence-electron chi connectivity index (χ0n) is 65.5. The smallest absolute Gasteiger partial charge is 0.462 e. The Morgan fingerprint density at radius 2 is 0.460 bits per heavy atom. The van der Waals surface area contributed by atoms with Gasteiger partial charge >= 0.3 is 39.5 Å². The largest absolute Gasteiger partial charge is 0.472 e. The van der Waals surface area contributed by atoms with E-state index in [0.717, 1.165) is 108 Å². The summed E-state index contributed by atoms with van der Waals surface area (Å²) in [5, 5.41) is 10.6. The van der Waals surface area contributed by atoms with E-state index >= 15 is 0 Å². The maximum Gasteiger partial charge on any atom is 0.472 e. The molecule has 0 aromatic rings. The van der Waals surface area contributed by atoms with Crippen LogP contribution >= 0.6 is 15.6 Å². The van der Waals surface area contributed by atoms with Gasteiger partial charge in [0, 0.05) is 25.7 Å². The van der Waals surface area contributed by atoms with Gasteiger partial charge in [0.05, 0.1) is 26.4 Å². The van der Waals surface area contributed by atoms with Crippen LogP contribution in [0, 0.1) is 11.8 Å². The van der Waals surface area contributed by atoms with Gasteiger partial charge in [-0.05, 0) is 37.5 Å². The number of phosphoric ester groups is 2. The molecule has 0 bridgehead atoms. The minimum absolute atomic E-state index is 0.107. The fourth-order valence-electron chi connectivity index (χ4n) is 12.5. The number of carbonyl (C=O) groups excluding carboxylic acids is 4. The van der Waals surface area contributed by atoms with E-state index in [1.807, 2.05) is 0 Å². The Labute approximate surface area is 613 Å². The number of hydrogen-bond acceptors (Lipinski definition) is 15. The molecule has 0 saturated carbocycles. The molecule has 100 heavy (non-hydrogen) atoms. The highest BCUT2D eigenvalue weighted by molar-refractivity contribution is 7.47. The molecule has 0 aliphatic rings. The minimum Gasteiger partial charge on any atom is -0.462 e. The van der Waals surface area contributed by atoms with Crippen LogP contribution in [0.1, 0.15) is 427 Å². The fourth-order valence-corrected chi connectivity index (χ4v) is 14.1. The number of phosphoric acid groups is 2. The van der Waals surface area contributed by atoms with E-state index < -0.39 is 97.5 Å². The molecular formula is C81H158O17P2. The van der Waals surface area contributed by atoms with Crippen molar-refractivity contribution in [2.45, 2.75) is 445 Å². The van der Waals surface area contributed by atoms with Gasteiger partial charge in [-0.15, -0.1) is 0 Å². The molecule has 17 nitrogen and oxygen atoms in total. The molecule has 0 saturated heterocycles. The molecule has 0 radical (unpaired) electrons. The average molecular weight is 1470 g/mol. The van der Waals surface area contributed by atoms with E-state index in [1.54, 1.807) is 0 Å². The molecule has 0 aliphatic carbocycles. The topological polar surface area (TPSA) is 237 Å². The molecule has 0 heterocycles. The van der Waals surface area contributed by atoms with Gasteiger partial charge in [0.1, 0.15) is 19.3 Å². The molecule has 0 spiro atoms. The molecule has 3 N–H and O–H groups in total. The summed E-state index contributed by atoms with van der Waals surface area (Å²) < 4.78 is 68.7. The van der Waals surface area contributed by atoms with Gasteiger partial charge in [-0.2, -0.15) is 0 Å². The van der Waals surface area contributed by atoms with Gasteiger partial charge in [-0.3, -0.25) is 37.3 Å². The van der Waals surface area contributed by atoms with Crippen molar-refractivity contribution in [3.8, 4) is 0 Å². The van der Waals surface area contributed by atoms with Crippen LogP contribution in [0.15, 0.2) is 0 Å². The molecule has 0 aliphatic heterocycles. The SMILES string of the molecule is CCCCCCCCCCCCCCCCCCCCCCC(=O)O[C@H](COC(=O)CCCCCCCCCCCCCCCC(C)C)COP(=O)(O)OC[C@@H](O)COP(=O)(O)OC[C@@H](COC(=O)CCCCCCCCCC)OC(=O)CCCCCCCCCCCCCCCC(C)C. The van der Waals surface area contributed by atoms with Crippen molar-refractivity contribution in [2.75, 3.05) is 39.6 Å². The second kappa shape index (κ2) is 72.6. The van der Waals surface area contributed by atoms with Crippen LogP contribution in [0.25, 0.3) is 0 Å². The van der Waals surface area contributed by atoms with Gasteiger partial charge in [-0.1, -0.05) is 375 Å². The second-order valence-corrected chi connectivity index (χ2v) is 33.0. The zero-order chi connectivity index (χ0) is 73.5. The highest BCUT2D eigenvalue weighted by atomic mass is 31.2. The van der Waals surface area contributed by atoms with Crippen molar-refractivity contribution in [1.29, 1.82) is 0 Å². The lowest BCUT2D eigenvalue weighted by atomic mass is 10.0. The first-order valence-corrected chi connectivity index (χ1v) is 45.0. The predicted molar refractivity (Wildman–Crippen MR) is 409 cm³/mol. The predicted octanol–water partition coefficient (Wildman–Crippen LogP) is 24.3. The molecule has 0 amide bonds. The highest BCUT2D eigenvalue weighted by Gasteiger charge is 2.30. The Morgan fingerprint density at radius 1 is 0.270 bits per heavy atom. The Balaban J connectivity index is 5.20. The number of esters is 4. The third kappa shape index (κ3) is 74.3. The quantitative estimate of drug-likeness (QED) is 0.0222. The van der Waals surface area contributed by atoms with E-state index in [1.165, 1.54) is 238 Å². The summed E-state index contributed by atoms with van der Waals surface area (Å²) in [5.41, 5.74) is 0. The molecule has 0 aromatic carbocycles. The number of aliphatic hydroxyl groups excluding tert-OH is 1. The van der Waals surface area contributed by atoms with Gasteiger partial charge in [0.2, 0.25) is 0 Å². The van der Waals surface area contributed by atoms with Crippen molar-refractivity contribution >= 4 is 39.5 Å². The van der Waals surface area contributed by atoms with Gasteiger partial charge in [-0.25, -0.2) is 9.13 Å². The minimum atomic E-state index is -4.96. The van der Waals surface area contributed by atoms with Crippen molar-refractivity contribution in [3.05, 3.63) is 0 Å². The normalized spacial score (nSPS) is 13.9. The summed E-state index contributed by atoms with van der Waals surface area (Å²) in [6.07, 6.45) is 62.5. The van der Waals surface area contributed by atoms with E-state index in [2.05, 4.69) is 41.5 Å². The third-order valence-corrected chi connectivity index (χ3v) is 20.9. The van der Waals surface area contributed by atoms with Gasteiger partial charge < -0.3 is 33.8 Å². The number of carbonyl (C=O) groups is 4. The maximum absolute atomic E-state index is 13.1. The number of aliphatic hydroxyl groups is 1. The average Bonchev–Trinajstić information content (AvgIpc) is 1.03. The molecule has 0 rings (SSSR count). The summed E-state index contributed by atoms with van der Waals surface area (Å²) in [6.45, 7) is 9.64. The fraction of sp³-hybridized carbons (Fsp3) is 0.951. The van der Waals surface area contributed by atoms with Crippen molar-refractivity contribution in [2.24, 2.45) is 11.8 Å². The molecule has 594 valence electrons. The Kier molecular flexibility index (Phi) is 71.2. The number of ether oxygens (including phenoxy) is 4. The highest BCUT2D eigenvalue weighted by Crippen LogP contribution is 2.45. The molecule has 0 fully saturated rings. The Bertz CT molecular complexity index is 1920. The van der Waals surface area contributed by atoms with Crippen molar-refractivity contribution in [1.82, 2.24) is 0 Å². The second-order valence-electron chi connectivity index (χ2n) is 30.1. The zero-order valence-corrected chi connectivity index (χ0v) is 67.3. The Morgan fingerprint density at radius 3 is 0.680 bits per heavy atom. The first-order valence-electron chi connectivity index (χ1n) is 42.0. The number of hydrogen-bond donors (Lipinski definition) is 3. The van der Waals surface area contributed by atoms with E-state index in [-0.39, 0.29) is 25.7 Å². The van der Waals surface area contributed by atoms with Crippen molar-refractivity contribution < 1.29 is 80.2 Å². The van der Waals surface area contributed by atoms with Crippen molar-refractivity contribution in [3.63, 3.8) is 0 Å². The van der Waals surface area contributed by atoms with Crippen LogP contribution in [-0.2, 0) is 65.4 Å². The summed E-state index contributed by atoms with van der Waals surface area (Å²) in [6, 6.07) is 0. The standard InChI is InChI=1S/C81H158O17P2/c1-7-9-11-13-15-17-18-19-20-21-22-23-24-25-30-36-41-47-53-59-65-81(86)98-77(70-92-79(84)64-58-52-46-40-35-31-26-28-33-38-43-49-55-61-73(3)4)72-96-100(89,90)94-68-75(82)67-93-99(87,88)95-71-76(69-91-78(83)63-57-51-45-16-14-12-10-8-2)97-80(85)66-60-54-48-42-37-32-27-29-34-39-44-50-56-62-74(5)6/h73-77,82H,7-72H2,1-6H3,(H,87,88)(H,89,90)/t75-,76+,77+/m0/s1. The third-order valence-electron chi connectivity index (χ3n) is 19.0. The monoisotopic (exact) mass is 1470 g/mol. The molecule has 2 unspecified atom stereocenters. The number of unbranched alkanes of at least 4 members (excludes halogenated alkanes) is 50.